The Balaban J connectivity index is 1.76. The van der Waals surface area contributed by atoms with Crippen molar-refractivity contribution < 1.29 is 5.11 Å². The summed E-state index contributed by atoms with van der Waals surface area (Å²) < 4.78 is 0. The molecule has 2 saturated heterocycles. The van der Waals surface area contributed by atoms with Crippen molar-refractivity contribution in [1.29, 1.82) is 0 Å². The van der Waals surface area contributed by atoms with E-state index in [-0.39, 0.29) is 12.6 Å². The van der Waals surface area contributed by atoms with E-state index in [1.165, 1.54) is 0 Å². The second-order valence-corrected chi connectivity index (χ2v) is 5.70. The molecule has 0 spiro atoms. The summed E-state index contributed by atoms with van der Waals surface area (Å²) in [7, 11) is 2.15. The lowest BCUT2D eigenvalue weighted by Crippen LogP contribution is -2.45. The highest BCUT2D eigenvalue weighted by Crippen LogP contribution is 2.25. The van der Waals surface area contributed by atoms with E-state index in [0.717, 1.165) is 57.2 Å². The molecule has 0 radical (unpaired) electrons. The summed E-state index contributed by atoms with van der Waals surface area (Å²) in [6, 6.07) is 2.28. The Morgan fingerprint density at radius 2 is 1.90 bits per heavy atom. The molecule has 6 heteroatoms. The average molecular weight is 277 g/mol. The molecule has 0 aromatic carbocycles. The fourth-order valence-electron chi connectivity index (χ4n) is 3.03. The number of aliphatic hydroxyl groups is 1. The maximum absolute atomic E-state index is 9.44. The minimum Gasteiger partial charge on any atom is -0.394 e. The molecule has 110 valence electrons. The van der Waals surface area contributed by atoms with Crippen LogP contribution in [0.3, 0.4) is 0 Å². The minimum atomic E-state index is 0.202. The molecule has 2 aliphatic rings. The highest BCUT2D eigenvalue weighted by atomic mass is 16.3. The summed E-state index contributed by atoms with van der Waals surface area (Å²) >= 11 is 0. The van der Waals surface area contributed by atoms with Crippen LogP contribution >= 0.6 is 0 Å². The Bertz CT molecular complexity index is 447. The lowest BCUT2D eigenvalue weighted by Gasteiger charge is -2.33. The van der Waals surface area contributed by atoms with Crippen molar-refractivity contribution in [3.63, 3.8) is 0 Å². The Hall–Kier alpha value is -1.40. The van der Waals surface area contributed by atoms with E-state index in [2.05, 4.69) is 37.8 Å². The number of likely N-dealkylation sites (N-methyl/N-ethyl adjacent to an activating group) is 1. The van der Waals surface area contributed by atoms with Crippen molar-refractivity contribution in [2.75, 3.05) is 56.2 Å². The molecule has 6 nitrogen and oxygen atoms in total. The summed E-state index contributed by atoms with van der Waals surface area (Å²) in [4.78, 5) is 15.7. The number of rotatable bonds is 3. The predicted molar refractivity (Wildman–Crippen MR) is 79.2 cm³/mol. The molecule has 3 heterocycles. The summed E-state index contributed by atoms with van der Waals surface area (Å²) in [5, 5.41) is 9.44. The Kier molecular flexibility index (Phi) is 4.03. The maximum Gasteiger partial charge on any atom is 0.134 e. The second-order valence-electron chi connectivity index (χ2n) is 5.70. The van der Waals surface area contributed by atoms with Crippen molar-refractivity contribution in [1.82, 2.24) is 14.9 Å². The molecule has 1 aromatic heterocycles. The molecule has 0 unspecified atom stereocenters. The fraction of sp³-hybridized carbons (Fsp3) is 0.714. The number of hydrogen-bond acceptors (Lipinski definition) is 6. The van der Waals surface area contributed by atoms with Crippen LogP contribution in [0.15, 0.2) is 12.4 Å². The van der Waals surface area contributed by atoms with Crippen LogP contribution in [0.2, 0.25) is 0 Å². The van der Waals surface area contributed by atoms with Crippen LogP contribution in [0.4, 0.5) is 11.6 Å². The monoisotopic (exact) mass is 277 g/mol. The average Bonchev–Trinajstić information content (AvgIpc) is 2.96. The van der Waals surface area contributed by atoms with Crippen LogP contribution in [-0.2, 0) is 0 Å². The molecule has 2 aliphatic heterocycles. The maximum atomic E-state index is 9.44. The molecule has 20 heavy (non-hydrogen) atoms. The number of anilines is 2. The highest BCUT2D eigenvalue weighted by Gasteiger charge is 2.25. The zero-order valence-electron chi connectivity index (χ0n) is 12.1. The number of aromatic nitrogens is 2. The van der Waals surface area contributed by atoms with Crippen LogP contribution in [-0.4, -0.2) is 72.4 Å². The van der Waals surface area contributed by atoms with E-state index in [1.54, 1.807) is 6.33 Å². The van der Waals surface area contributed by atoms with E-state index >= 15 is 0 Å². The van der Waals surface area contributed by atoms with Gasteiger partial charge in [-0.25, -0.2) is 9.97 Å². The van der Waals surface area contributed by atoms with Crippen molar-refractivity contribution in [2.24, 2.45) is 0 Å². The van der Waals surface area contributed by atoms with Gasteiger partial charge in [-0.15, -0.1) is 0 Å². The quantitative estimate of drug-likeness (QED) is 0.851. The second kappa shape index (κ2) is 5.93. The zero-order chi connectivity index (χ0) is 13.9. The first kappa shape index (κ1) is 13.6. The Morgan fingerprint density at radius 3 is 2.65 bits per heavy atom. The van der Waals surface area contributed by atoms with E-state index < -0.39 is 0 Å². The highest BCUT2D eigenvalue weighted by molar-refractivity contribution is 5.51. The molecular formula is C14H23N5O. The van der Waals surface area contributed by atoms with E-state index in [1.807, 2.05) is 0 Å². The Labute approximate surface area is 120 Å². The van der Waals surface area contributed by atoms with Gasteiger partial charge in [0.1, 0.15) is 18.0 Å². The molecule has 3 rings (SSSR count). The first-order chi connectivity index (χ1) is 9.78. The van der Waals surface area contributed by atoms with Crippen LogP contribution in [0, 0.1) is 0 Å². The number of aliphatic hydroxyl groups excluding tert-OH is 1. The van der Waals surface area contributed by atoms with E-state index in [9.17, 15) is 5.11 Å². The summed E-state index contributed by atoms with van der Waals surface area (Å²) in [5.74, 6) is 1.96. The topological polar surface area (TPSA) is 55.7 Å². The van der Waals surface area contributed by atoms with Gasteiger partial charge in [0.15, 0.2) is 0 Å². The standard InChI is InChI=1S/C14H23N5O/c1-17-5-7-18(8-6-17)13-9-14(16-11-15-13)19-4-2-3-12(19)10-20/h9,11-12,20H,2-8,10H2,1H3/t12-/m1/s1. The minimum absolute atomic E-state index is 0.202. The summed E-state index contributed by atoms with van der Waals surface area (Å²) in [5.41, 5.74) is 0. The SMILES string of the molecule is CN1CCN(c2cc(N3CCC[C@@H]3CO)ncn2)CC1. The van der Waals surface area contributed by atoms with Gasteiger partial charge in [-0.1, -0.05) is 0 Å². The molecule has 0 saturated carbocycles. The number of hydrogen-bond donors (Lipinski definition) is 1. The van der Waals surface area contributed by atoms with E-state index in [4.69, 9.17) is 0 Å². The van der Waals surface area contributed by atoms with Gasteiger partial charge in [0.25, 0.3) is 0 Å². The van der Waals surface area contributed by atoms with E-state index in [0.29, 0.717) is 0 Å². The molecule has 0 aliphatic carbocycles. The Morgan fingerprint density at radius 1 is 1.15 bits per heavy atom. The number of piperazine rings is 1. The van der Waals surface area contributed by atoms with Crippen molar-refractivity contribution in [2.45, 2.75) is 18.9 Å². The van der Waals surface area contributed by atoms with Crippen molar-refractivity contribution >= 4 is 11.6 Å². The third-order valence-electron chi connectivity index (χ3n) is 4.35. The van der Waals surface area contributed by atoms with Gasteiger partial charge in [-0.05, 0) is 19.9 Å². The van der Waals surface area contributed by atoms with Gasteiger partial charge in [0, 0.05) is 38.8 Å². The van der Waals surface area contributed by atoms with Crippen LogP contribution in [0.5, 0.6) is 0 Å². The molecule has 0 amide bonds. The number of nitrogens with zero attached hydrogens (tertiary/aromatic N) is 5. The van der Waals surface area contributed by atoms with Gasteiger partial charge in [0.05, 0.1) is 12.6 Å². The smallest absolute Gasteiger partial charge is 0.134 e. The summed E-state index contributed by atoms with van der Waals surface area (Å²) in [6.07, 6.45) is 3.82. The largest absolute Gasteiger partial charge is 0.394 e. The van der Waals surface area contributed by atoms with Gasteiger partial charge in [-0.3, -0.25) is 0 Å². The normalized spacial score (nSPS) is 24.4. The lowest BCUT2D eigenvalue weighted by molar-refractivity contribution is 0.266. The lowest BCUT2D eigenvalue weighted by atomic mass is 10.2. The van der Waals surface area contributed by atoms with Crippen LogP contribution in [0.25, 0.3) is 0 Å². The third-order valence-corrected chi connectivity index (χ3v) is 4.35. The first-order valence-corrected chi connectivity index (χ1v) is 7.41. The molecule has 1 N–H and O–H groups in total. The van der Waals surface area contributed by atoms with Crippen LogP contribution in [0.1, 0.15) is 12.8 Å². The molecule has 1 atom stereocenters. The van der Waals surface area contributed by atoms with Gasteiger partial charge < -0.3 is 19.8 Å². The zero-order valence-corrected chi connectivity index (χ0v) is 12.1. The van der Waals surface area contributed by atoms with Crippen LogP contribution < -0.4 is 9.80 Å². The fourth-order valence-corrected chi connectivity index (χ4v) is 3.03. The van der Waals surface area contributed by atoms with Gasteiger partial charge in [0.2, 0.25) is 0 Å². The molecule has 1 aromatic rings. The van der Waals surface area contributed by atoms with Crippen molar-refractivity contribution in [3.8, 4) is 0 Å². The summed E-state index contributed by atoms with van der Waals surface area (Å²) in [6.45, 7) is 5.34. The first-order valence-electron chi connectivity index (χ1n) is 7.41. The molecule has 0 bridgehead atoms. The molecular weight excluding hydrogens is 254 g/mol. The van der Waals surface area contributed by atoms with Gasteiger partial charge >= 0.3 is 0 Å². The van der Waals surface area contributed by atoms with Gasteiger partial charge in [-0.2, -0.15) is 0 Å². The predicted octanol–water partition coefficient (Wildman–Crippen LogP) is 0.190. The third kappa shape index (κ3) is 2.71. The molecule has 2 fully saturated rings. The van der Waals surface area contributed by atoms with Crippen molar-refractivity contribution in [3.05, 3.63) is 12.4 Å².